The zero-order valence-electron chi connectivity index (χ0n) is 27.0. The lowest BCUT2D eigenvalue weighted by molar-refractivity contribution is 0.796. The van der Waals surface area contributed by atoms with Gasteiger partial charge in [0, 0.05) is 12.6 Å². The Morgan fingerprint density at radius 2 is 1.08 bits per heavy atom. The standard InChI is InChI=1S/C47H30N2/c1-49-44-24-11-10-23-43(44)48-46(49)32-16-12-15-31(25-32)37-28-42-45(36-20-5-4-17-33(36)37)38-26-29-13-2-3-14-30(29)27-41(38)47(42)39-21-8-6-18-34(39)35-19-7-9-22-40(35)47/h2-28H,1H3. The van der Waals surface area contributed by atoms with Crippen LogP contribution in [0, 0.1) is 0 Å². The molecular formula is C47H30N2. The van der Waals surface area contributed by atoms with E-state index >= 15 is 0 Å². The summed E-state index contributed by atoms with van der Waals surface area (Å²) in [6.07, 6.45) is 0. The molecule has 0 unspecified atom stereocenters. The first-order valence-electron chi connectivity index (χ1n) is 17.0. The minimum Gasteiger partial charge on any atom is -0.327 e. The molecule has 2 aliphatic rings. The molecule has 0 amide bonds. The number of hydrogen-bond acceptors (Lipinski definition) is 1. The summed E-state index contributed by atoms with van der Waals surface area (Å²) in [4.78, 5) is 5.06. The van der Waals surface area contributed by atoms with Crippen LogP contribution in [0.2, 0.25) is 0 Å². The second-order valence-electron chi connectivity index (χ2n) is 13.5. The van der Waals surface area contributed by atoms with Gasteiger partial charge in [-0.15, -0.1) is 0 Å². The van der Waals surface area contributed by atoms with Crippen molar-refractivity contribution in [3.05, 3.63) is 186 Å². The monoisotopic (exact) mass is 622 g/mol. The molecular weight excluding hydrogens is 593 g/mol. The maximum atomic E-state index is 5.06. The van der Waals surface area contributed by atoms with Crippen molar-refractivity contribution in [3.8, 4) is 44.8 Å². The quantitative estimate of drug-likeness (QED) is 0.188. The van der Waals surface area contributed by atoms with E-state index in [0.29, 0.717) is 0 Å². The first kappa shape index (κ1) is 26.8. The molecule has 0 radical (unpaired) electrons. The summed E-state index contributed by atoms with van der Waals surface area (Å²) < 4.78 is 2.21. The summed E-state index contributed by atoms with van der Waals surface area (Å²) in [5, 5.41) is 5.10. The highest BCUT2D eigenvalue weighted by atomic mass is 15.1. The van der Waals surface area contributed by atoms with E-state index in [2.05, 4.69) is 175 Å². The van der Waals surface area contributed by atoms with Gasteiger partial charge in [-0.25, -0.2) is 4.98 Å². The molecule has 0 N–H and O–H groups in total. The Balaban J connectivity index is 1.26. The Morgan fingerprint density at radius 3 is 1.86 bits per heavy atom. The highest BCUT2D eigenvalue weighted by Gasteiger charge is 2.52. The zero-order valence-corrected chi connectivity index (χ0v) is 27.0. The van der Waals surface area contributed by atoms with E-state index in [0.717, 1.165) is 22.4 Å². The third kappa shape index (κ3) is 3.43. The fraction of sp³-hybridized carbons (Fsp3) is 0.0426. The van der Waals surface area contributed by atoms with Crippen molar-refractivity contribution >= 4 is 32.6 Å². The molecule has 0 atom stereocenters. The van der Waals surface area contributed by atoms with Crippen LogP contribution in [0.4, 0.5) is 0 Å². The predicted octanol–water partition coefficient (Wildman–Crippen LogP) is 11.6. The van der Waals surface area contributed by atoms with Crippen molar-refractivity contribution in [1.82, 2.24) is 9.55 Å². The van der Waals surface area contributed by atoms with Gasteiger partial charge < -0.3 is 4.57 Å². The van der Waals surface area contributed by atoms with Crippen LogP contribution in [0.15, 0.2) is 164 Å². The number of rotatable bonds is 2. The Labute approximate surface area is 284 Å². The lowest BCUT2D eigenvalue weighted by atomic mass is 9.69. The third-order valence-corrected chi connectivity index (χ3v) is 11.2. The third-order valence-electron chi connectivity index (χ3n) is 11.2. The SMILES string of the molecule is Cn1c(-c2cccc(-c3cc4c(c5ccccc35)-c3cc5ccccc5cc3C43c4ccccc4-c4ccccc43)c2)nc2ccccc21. The van der Waals surface area contributed by atoms with E-state index in [9.17, 15) is 0 Å². The van der Waals surface area contributed by atoms with Crippen molar-refractivity contribution in [2.45, 2.75) is 5.41 Å². The minimum atomic E-state index is -0.435. The smallest absolute Gasteiger partial charge is 0.140 e. The molecule has 228 valence electrons. The zero-order chi connectivity index (χ0) is 32.3. The molecule has 0 aliphatic heterocycles. The van der Waals surface area contributed by atoms with Crippen molar-refractivity contribution < 1.29 is 0 Å². The molecule has 0 bridgehead atoms. The Bertz CT molecular complexity index is 2810. The van der Waals surface area contributed by atoms with E-state index in [1.807, 2.05) is 0 Å². The fourth-order valence-electron chi connectivity index (χ4n) is 9.15. The van der Waals surface area contributed by atoms with Crippen LogP contribution < -0.4 is 0 Å². The van der Waals surface area contributed by atoms with Gasteiger partial charge in [-0.1, -0.05) is 127 Å². The fourth-order valence-corrected chi connectivity index (χ4v) is 9.15. The summed E-state index contributed by atoms with van der Waals surface area (Å²) in [6, 6.07) is 60.8. The summed E-state index contributed by atoms with van der Waals surface area (Å²) >= 11 is 0. The van der Waals surface area contributed by atoms with Crippen molar-refractivity contribution in [1.29, 1.82) is 0 Å². The topological polar surface area (TPSA) is 17.8 Å². The molecule has 0 fully saturated rings. The Kier molecular flexibility index (Phi) is 5.28. The maximum absolute atomic E-state index is 5.06. The highest BCUT2D eigenvalue weighted by Crippen LogP contribution is 2.64. The Hall–Kier alpha value is -6.25. The molecule has 9 aromatic rings. The molecule has 1 spiro atoms. The first-order chi connectivity index (χ1) is 24.2. The average molecular weight is 623 g/mol. The van der Waals surface area contributed by atoms with E-state index in [-0.39, 0.29) is 0 Å². The number of imidazole rings is 1. The second kappa shape index (κ2) is 9.65. The van der Waals surface area contributed by atoms with Gasteiger partial charge in [-0.2, -0.15) is 0 Å². The van der Waals surface area contributed by atoms with Gasteiger partial charge in [0.05, 0.1) is 16.4 Å². The average Bonchev–Trinajstić information content (AvgIpc) is 3.77. The molecule has 1 aromatic heterocycles. The van der Waals surface area contributed by atoms with Gasteiger partial charge in [-0.05, 0) is 114 Å². The van der Waals surface area contributed by atoms with Gasteiger partial charge >= 0.3 is 0 Å². The van der Waals surface area contributed by atoms with Crippen molar-refractivity contribution in [2.24, 2.45) is 7.05 Å². The molecule has 49 heavy (non-hydrogen) atoms. The number of aromatic nitrogens is 2. The van der Waals surface area contributed by atoms with Crippen molar-refractivity contribution in [2.75, 3.05) is 0 Å². The van der Waals surface area contributed by atoms with Crippen molar-refractivity contribution in [3.63, 3.8) is 0 Å². The normalized spacial score (nSPS) is 13.6. The maximum Gasteiger partial charge on any atom is 0.140 e. The number of fused-ring (bicyclic) bond motifs is 14. The summed E-state index contributed by atoms with van der Waals surface area (Å²) in [6.45, 7) is 0. The first-order valence-corrected chi connectivity index (χ1v) is 17.0. The molecule has 0 saturated carbocycles. The molecule has 0 saturated heterocycles. The summed E-state index contributed by atoms with van der Waals surface area (Å²) in [5.41, 5.74) is 16.0. The lowest BCUT2D eigenvalue weighted by Gasteiger charge is -2.31. The van der Waals surface area contributed by atoms with E-state index in [4.69, 9.17) is 4.98 Å². The second-order valence-corrected chi connectivity index (χ2v) is 13.5. The molecule has 2 nitrogen and oxygen atoms in total. The van der Waals surface area contributed by atoms with Crippen LogP contribution in [-0.2, 0) is 12.5 Å². The summed E-state index contributed by atoms with van der Waals surface area (Å²) in [5.74, 6) is 0.975. The van der Waals surface area contributed by atoms with Crippen LogP contribution in [0.1, 0.15) is 22.3 Å². The number of hydrogen-bond donors (Lipinski definition) is 0. The molecule has 8 aromatic carbocycles. The van der Waals surface area contributed by atoms with Crippen LogP contribution in [-0.4, -0.2) is 9.55 Å². The van der Waals surface area contributed by atoms with E-state index in [1.165, 1.54) is 77.2 Å². The Morgan fingerprint density at radius 1 is 0.449 bits per heavy atom. The van der Waals surface area contributed by atoms with E-state index in [1.54, 1.807) is 0 Å². The van der Waals surface area contributed by atoms with Gasteiger partial charge in [-0.3, -0.25) is 0 Å². The van der Waals surface area contributed by atoms with E-state index < -0.39 is 5.41 Å². The van der Waals surface area contributed by atoms with Crippen LogP contribution in [0.3, 0.4) is 0 Å². The van der Waals surface area contributed by atoms with Gasteiger partial charge in [0.2, 0.25) is 0 Å². The lowest BCUT2D eigenvalue weighted by Crippen LogP contribution is -2.26. The largest absolute Gasteiger partial charge is 0.327 e. The van der Waals surface area contributed by atoms with Crippen LogP contribution >= 0.6 is 0 Å². The van der Waals surface area contributed by atoms with Crippen LogP contribution in [0.25, 0.3) is 77.3 Å². The predicted molar refractivity (Wildman–Crippen MR) is 203 cm³/mol. The van der Waals surface area contributed by atoms with Gasteiger partial charge in [0.15, 0.2) is 0 Å². The highest BCUT2D eigenvalue weighted by molar-refractivity contribution is 6.12. The number of nitrogens with zero attached hydrogens (tertiary/aromatic N) is 2. The number of benzene rings is 8. The number of aryl methyl sites for hydroxylation is 1. The van der Waals surface area contributed by atoms with Crippen LogP contribution in [0.5, 0.6) is 0 Å². The van der Waals surface area contributed by atoms with Gasteiger partial charge in [0.1, 0.15) is 5.82 Å². The molecule has 1 heterocycles. The number of para-hydroxylation sites is 2. The van der Waals surface area contributed by atoms with Gasteiger partial charge in [0.25, 0.3) is 0 Å². The minimum absolute atomic E-state index is 0.435. The molecule has 2 heteroatoms. The summed E-state index contributed by atoms with van der Waals surface area (Å²) in [7, 11) is 2.11. The molecule has 2 aliphatic carbocycles. The molecule has 11 rings (SSSR count).